The number of carbonyl (C=O) groups excluding carboxylic acids is 1. The first-order chi connectivity index (χ1) is 21.0. The Morgan fingerprint density at radius 2 is 1.20 bits per heavy atom. The van der Waals surface area contributed by atoms with Crippen LogP contribution in [0.3, 0.4) is 0 Å². The van der Waals surface area contributed by atoms with E-state index in [4.69, 9.17) is 0 Å². The number of hydrogen-bond acceptors (Lipinski definition) is 5. The minimum atomic E-state index is -5.30. The van der Waals surface area contributed by atoms with Gasteiger partial charge in [-0.3, -0.25) is 24.1 Å². The van der Waals surface area contributed by atoms with E-state index in [1.807, 2.05) is 26.0 Å². The molecule has 7 rings (SSSR count). The Balaban J connectivity index is 0.000000200. The Kier molecular flexibility index (Phi) is 9.21. The van der Waals surface area contributed by atoms with Crippen LogP contribution in [0.5, 0.6) is 5.75 Å². The van der Waals surface area contributed by atoms with Gasteiger partial charge in [-0.05, 0) is 49.6 Å². The van der Waals surface area contributed by atoms with Crippen LogP contribution in [0, 0.1) is 63.2 Å². The maximum atomic E-state index is 13.1. The van der Waals surface area contributed by atoms with Crippen molar-refractivity contribution in [2.45, 2.75) is 20.0 Å². The number of alkyl halides is 3. The van der Waals surface area contributed by atoms with E-state index in [1.165, 1.54) is 6.07 Å². The van der Waals surface area contributed by atoms with Crippen LogP contribution in [0.1, 0.15) is 21.7 Å². The van der Waals surface area contributed by atoms with Crippen LogP contribution in [-0.4, -0.2) is 31.6 Å². The summed E-state index contributed by atoms with van der Waals surface area (Å²) in [6, 6.07) is 30.5. The molecule has 0 fully saturated rings. The molecule has 1 N–H and O–H groups in total. The van der Waals surface area contributed by atoms with Crippen LogP contribution >= 0.6 is 0 Å². The molecule has 225 valence electrons. The van der Waals surface area contributed by atoms with Gasteiger partial charge in [0, 0.05) is 88.0 Å². The van der Waals surface area contributed by atoms with Crippen LogP contribution in [0.15, 0.2) is 108 Å². The first-order valence-corrected chi connectivity index (χ1v) is 13.6. The fourth-order valence-corrected chi connectivity index (χ4v) is 5.27. The maximum absolute atomic E-state index is 13.1. The molecule has 0 aliphatic heterocycles. The Morgan fingerprint density at radius 1 is 0.689 bits per heavy atom. The van der Waals surface area contributed by atoms with Gasteiger partial charge in [0.05, 0.1) is 16.6 Å². The molecule has 4 aromatic carbocycles. The third-order valence-corrected chi connectivity index (χ3v) is 7.33. The molecule has 0 saturated carbocycles. The second-order valence-electron chi connectivity index (χ2n) is 10.3. The summed E-state index contributed by atoms with van der Waals surface area (Å²) in [6.07, 6.45) is -5.30. The molecule has 10 heteroatoms. The average Bonchev–Trinajstić information content (AvgIpc) is 3.01. The van der Waals surface area contributed by atoms with Crippen molar-refractivity contribution < 1.29 is 72.4 Å². The number of aromatic hydroxyl groups is 1. The number of carbonyl (C=O) groups is 1. The zero-order valence-electron chi connectivity index (χ0n) is 23.9. The van der Waals surface area contributed by atoms with Crippen LogP contribution < -0.4 is 5.56 Å². The Hall–Kier alpha value is -3.99. The smallest absolute Gasteiger partial charge is 0.455 e. The molecule has 45 heavy (non-hydrogen) atoms. The van der Waals surface area contributed by atoms with Gasteiger partial charge in [0.15, 0.2) is 0 Å². The number of Topliss-reactive ketones (excluding diaryl/α,β-unsaturated/α-hetero) is 1. The number of pyridine rings is 3. The van der Waals surface area contributed by atoms with Gasteiger partial charge in [0.2, 0.25) is 0 Å². The van der Waals surface area contributed by atoms with E-state index < -0.39 is 28.8 Å². The molecule has 0 unspecified atom stereocenters. The molecule has 0 aliphatic carbocycles. The Morgan fingerprint density at radius 3 is 1.78 bits per heavy atom. The van der Waals surface area contributed by atoms with Gasteiger partial charge in [0.1, 0.15) is 11.3 Å². The van der Waals surface area contributed by atoms with E-state index in [2.05, 4.69) is 34.2 Å². The first kappa shape index (κ1) is 32.4. The minimum absolute atomic E-state index is 0. The standard InChI is InChI=1S/C21H12F3NO3.C14H12N2.Eu/c22-21(23,24)19(27)16-18(26)15-11-10-12-6-4-5-9-14(12)17(15)25(20(16)28)13-7-2-1-3-8-13;1-9-3-5-11-7-8-12-6-4-10(2)16-14(12)13(11)15-9;/h1-11,26H;3-8H,1-2H3;. The first-order valence-electron chi connectivity index (χ1n) is 13.6. The summed E-state index contributed by atoms with van der Waals surface area (Å²) in [5.74, 6) is -3.35. The van der Waals surface area contributed by atoms with Crippen molar-refractivity contribution in [3.8, 4) is 11.4 Å². The molecule has 3 aromatic heterocycles. The van der Waals surface area contributed by atoms with E-state index in [9.17, 15) is 27.9 Å². The number of fused-ring (bicyclic) bond motifs is 6. The van der Waals surface area contributed by atoms with Gasteiger partial charge in [-0.1, -0.05) is 72.8 Å². The summed E-state index contributed by atoms with van der Waals surface area (Å²) >= 11 is 0. The number of nitrogens with zero attached hydrogens (tertiary/aromatic N) is 3. The van der Waals surface area contributed by atoms with E-state index in [-0.39, 0.29) is 66.0 Å². The molecular formula is C35H24EuF3N3O3. The molecular weight excluding hydrogens is 719 g/mol. The van der Waals surface area contributed by atoms with Crippen molar-refractivity contribution in [2.75, 3.05) is 0 Å². The number of ketones is 1. The predicted octanol–water partition coefficient (Wildman–Crippen LogP) is 7.99. The predicted molar refractivity (Wildman–Crippen MR) is 166 cm³/mol. The van der Waals surface area contributed by atoms with Crippen molar-refractivity contribution in [3.05, 3.63) is 130 Å². The fourth-order valence-electron chi connectivity index (χ4n) is 5.27. The van der Waals surface area contributed by atoms with Gasteiger partial charge in [-0.25, -0.2) is 0 Å². The number of benzene rings is 4. The molecule has 0 bridgehead atoms. The maximum Gasteiger partial charge on any atom is 0.455 e. The van der Waals surface area contributed by atoms with Crippen LogP contribution in [0.25, 0.3) is 49.2 Å². The monoisotopic (exact) mass is 744 g/mol. The summed E-state index contributed by atoms with van der Waals surface area (Å²) in [5, 5.41) is 14.0. The third-order valence-electron chi connectivity index (χ3n) is 7.33. The van der Waals surface area contributed by atoms with Gasteiger partial charge < -0.3 is 5.11 Å². The van der Waals surface area contributed by atoms with Crippen molar-refractivity contribution in [1.29, 1.82) is 0 Å². The second kappa shape index (κ2) is 12.8. The molecule has 0 saturated heterocycles. The second-order valence-corrected chi connectivity index (χ2v) is 10.3. The summed E-state index contributed by atoms with van der Waals surface area (Å²) in [4.78, 5) is 34.1. The quantitative estimate of drug-likeness (QED) is 0.143. The zero-order valence-corrected chi connectivity index (χ0v) is 26.4. The average molecular weight is 744 g/mol. The van der Waals surface area contributed by atoms with Gasteiger partial charge in [-0.15, -0.1) is 0 Å². The number of para-hydroxylation sites is 1. The fraction of sp³-hybridized carbons (Fsp3) is 0.0857. The number of rotatable bonds is 2. The largest absolute Gasteiger partial charge is 0.506 e. The van der Waals surface area contributed by atoms with Crippen molar-refractivity contribution in [2.24, 2.45) is 0 Å². The van der Waals surface area contributed by atoms with Crippen LogP contribution in [0.4, 0.5) is 13.2 Å². The normalized spacial score (nSPS) is 11.3. The summed E-state index contributed by atoms with van der Waals surface area (Å²) in [5.41, 5.74) is 2.05. The topological polar surface area (TPSA) is 85.1 Å². The number of hydrogen-bond donors (Lipinski definition) is 1. The van der Waals surface area contributed by atoms with Crippen molar-refractivity contribution in [1.82, 2.24) is 14.5 Å². The van der Waals surface area contributed by atoms with E-state index in [1.54, 1.807) is 60.7 Å². The van der Waals surface area contributed by atoms with Crippen molar-refractivity contribution >= 4 is 49.3 Å². The molecule has 0 aliphatic rings. The van der Waals surface area contributed by atoms with Gasteiger partial charge in [0.25, 0.3) is 11.3 Å². The number of halogens is 3. The van der Waals surface area contributed by atoms with E-state index >= 15 is 0 Å². The van der Waals surface area contributed by atoms with Crippen molar-refractivity contribution in [3.63, 3.8) is 0 Å². The summed E-state index contributed by atoms with van der Waals surface area (Å²) in [7, 11) is 0. The molecule has 6 nitrogen and oxygen atoms in total. The minimum Gasteiger partial charge on any atom is -0.506 e. The number of aromatic nitrogens is 3. The SMILES string of the molecule is Cc1ccc2ccc3ccc(C)nc3c2n1.O=C(c1c(O)c2ccc3ccccc3c2n(-c2ccccc2)c1=O)C(F)(F)F.[Eu]. The van der Waals surface area contributed by atoms with Gasteiger partial charge >= 0.3 is 6.18 Å². The number of aryl methyl sites for hydroxylation is 2. The summed E-state index contributed by atoms with van der Waals surface area (Å²) in [6.45, 7) is 4.02. The van der Waals surface area contributed by atoms with Gasteiger partial charge in [-0.2, -0.15) is 13.2 Å². The Labute approximate surface area is 295 Å². The molecule has 7 aromatic rings. The van der Waals surface area contributed by atoms with Crippen LogP contribution in [0.2, 0.25) is 0 Å². The van der Waals surface area contributed by atoms with E-state index in [0.717, 1.165) is 43.1 Å². The Bertz CT molecular complexity index is 2240. The molecule has 1 radical (unpaired) electrons. The zero-order chi connectivity index (χ0) is 31.2. The van der Waals surface area contributed by atoms with E-state index in [0.29, 0.717) is 5.39 Å². The molecule has 0 amide bonds. The molecule has 3 heterocycles. The molecule has 0 atom stereocenters. The third kappa shape index (κ3) is 6.14. The van der Waals surface area contributed by atoms with Crippen LogP contribution in [-0.2, 0) is 0 Å². The summed E-state index contributed by atoms with van der Waals surface area (Å²) < 4.78 is 40.3. The molecule has 0 spiro atoms.